The molecule has 2 heterocycles. The van der Waals surface area contributed by atoms with Crippen molar-refractivity contribution in [3.63, 3.8) is 0 Å². The van der Waals surface area contributed by atoms with Crippen LogP contribution in [-0.2, 0) is 20.9 Å². The second-order valence-electron chi connectivity index (χ2n) is 6.86. The average molecular weight is 434 g/mol. The van der Waals surface area contributed by atoms with Gasteiger partial charge in [0.05, 0.1) is 18.6 Å². The first-order valence-corrected chi connectivity index (χ1v) is 10.3. The second kappa shape index (κ2) is 8.61. The van der Waals surface area contributed by atoms with Gasteiger partial charge in [0, 0.05) is 28.2 Å². The minimum absolute atomic E-state index is 0.0257. The highest BCUT2D eigenvalue weighted by Gasteiger charge is 2.36. The van der Waals surface area contributed by atoms with Gasteiger partial charge in [0.25, 0.3) is 11.1 Å². The monoisotopic (exact) mass is 434 g/mol. The zero-order chi connectivity index (χ0) is 22.0. The summed E-state index contributed by atoms with van der Waals surface area (Å²) in [4.78, 5) is 50.6. The molecule has 0 bridgehead atoms. The first kappa shape index (κ1) is 20.6. The lowest BCUT2D eigenvalue weighted by Gasteiger charge is -2.11. The van der Waals surface area contributed by atoms with E-state index in [1.54, 1.807) is 47.2 Å². The summed E-state index contributed by atoms with van der Waals surface area (Å²) < 4.78 is 6.48. The van der Waals surface area contributed by atoms with Gasteiger partial charge in [-0.15, -0.1) is 0 Å². The molecule has 8 heteroatoms. The van der Waals surface area contributed by atoms with Crippen molar-refractivity contribution >= 4 is 51.6 Å². The van der Waals surface area contributed by atoms with E-state index in [2.05, 4.69) is 0 Å². The van der Waals surface area contributed by atoms with Gasteiger partial charge in [-0.2, -0.15) is 0 Å². The summed E-state index contributed by atoms with van der Waals surface area (Å²) in [5.74, 6) is -1.21. The summed E-state index contributed by atoms with van der Waals surface area (Å²) in [5, 5.41) is 0.345. The van der Waals surface area contributed by atoms with E-state index in [4.69, 9.17) is 4.74 Å². The van der Waals surface area contributed by atoms with E-state index in [1.165, 1.54) is 7.11 Å². The van der Waals surface area contributed by atoms with E-state index in [0.29, 0.717) is 11.1 Å². The Morgan fingerprint density at radius 3 is 2.45 bits per heavy atom. The molecule has 0 atom stereocenters. The third-order valence-corrected chi connectivity index (χ3v) is 5.81. The fraction of sp³-hybridized carbons (Fsp3) is 0.130. The maximum Gasteiger partial charge on any atom is 0.325 e. The predicted octanol–water partition coefficient (Wildman–Crippen LogP) is 3.73. The van der Waals surface area contributed by atoms with E-state index in [9.17, 15) is 19.2 Å². The van der Waals surface area contributed by atoms with Gasteiger partial charge in [0.15, 0.2) is 5.78 Å². The number of ketones is 1. The topological polar surface area (TPSA) is 85.7 Å². The molecule has 1 aromatic heterocycles. The third kappa shape index (κ3) is 4.15. The molecule has 1 aliphatic rings. The molecule has 7 nitrogen and oxygen atoms in total. The summed E-state index contributed by atoms with van der Waals surface area (Å²) in [6.45, 7) is -0.284. The molecule has 4 rings (SSSR count). The van der Waals surface area contributed by atoms with Crippen LogP contribution >= 0.6 is 11.8 Å². The Kier molecular flexibility index (Phi) is 5.73. The number of methoxy groups -OCH3 is 1. The first-order valence-electron chi connectivity index (χ1n) is 9.46. The zero-order valence-electron chi connectivity index (χ0n) is 16.6. The molecule has 0 spiro atoms. The van der Waals surface area contributed by atoms with Crippen molar-refractivity contribution in [1.29, 1.82) is 0 Å². The standard InChI is InChI=1S/C23H18N2O5S/c1-30-21(27)14-24-12-16(17-9-5-6-10-18(17)24)11-20-22(28)25(23(29)31-20)13-19(26)15-7-3-2-4-8-15/h2-12H,13-14H2,1H3/b20-11-. The van der Waals surface area contributed by atoms with E-state index in [1.807, 2.05) is 24.3 Å². The van der Waals surface area contributed by atoms with Gasteiger partial charge in [0.2, 0.25) is 0 Å². The lowest BCUT2D eigenvalue weighted by molar-refractivity contribution is -0.141. The number of fused-ring (bicyclic) bond motifs is 1. The summed E-state index contributed by atoms with van der Waals surface area (Å²) in [6.07, 6.45) is 3.36. The van der Waals surface area contributed by atoms with E-state index in [0.717, 1.165) is 27.6 Å². The number of benzene rings is 2. The molecular weight excluding hydrogens is 416 g/mol. The third-order valence-electron chi connectivity index (χ3n) is 4.90. The van der Waals surface area contributed by atoms with Crippen molar-refractivity contribution in [2.24, 2.45) is 0 Å². The molecule has 2 amide bonds. The Morgan fingerprint density at radius 1 is 1.00 bits per heavy atom. The van der Waals surface area contributed by atoms with Gasteiger partial charge in [-0.05, 0) is 23.9 Å². The van der Waals surface area contributed by atoms with Crippen LogP contribution in [0.3, 0.4) is 0 Å². The minimum Gasteiger partial charge on any atom is -0.468 e. The Morgan fingerprint density at radius 2 is 1.71 bits per heavy atom. The zero-order valence-corrected chi connectivity index (χ0v) is 17.4. The van der Waals surface area contributed by atoms with Crippen molar-refractivity contribution < 1.29 is 23.9 Å². The molecule has 1 fully saturated rings. The number of hydrogen-bond donors (Lipinski definition) is 0. The SMILES string of the molecule is COC(=O)Cn1cc(/C=C2\SC(=O)N(CC(=O)c3ccccc3)C2=O)c2ccccc21. The Bertz CT molecular complexity index is 1230. The minimum atomic E-state index is -0.510. The molecule has 156 valence electrons. The number of esters is 1. The summed E-state index contributed by atoms with van der Waals surface area (Å²) in [5.41, 5.74) is 1.94. The fourth-order valence-electron chi connectivity index (χ4n) is 3.36. The number of Topliss-reactive ketones (excluding diaryl/α,β-unsaturated/α-hetero) is 1. The van der Waals surface area contributed by atoms with E-state index >= 15 is 0 Å². The largest absolute Gasteiger partial charge is 0.468 e. The number of hydrogen-bond acceptors (Lipinski definition) is 6. The van der Waals surface area contributed by atoms with Crippen LogP contribution in [0.5, 0.6) is 0 Å². The Balaban J connectivity index is 1.62. The average Bonchev–Trinajstić information content (AvgIpc) is 3.26. The van der Waals surface area contributed by atoms with Gasteiger partial charge >= 0.3 is 5.97 Å². The number of rotatable bonds is 6. The van der Waals surface area contributed by atoms with Gasteiger partial charge in [-0.1, -0.05) is 48.5 Å². The lowest BCUT2D eigenvalue weighted by Crippen LogP contribution is -2.33. The van der Waals surface area contributed by atoms with Crippen molar-refractivity contribution in [3.05, 3.63) is 76.8 Å². The molecule has 3 aromatic rings. The number of amides is 2. The van der Waals surface area contributed by atoms with E-state index in [-0.39, 0.29) is 23.8 Å². The summed E-state index contributed by atoms with van der Waals surface area (Å²) in [6, 6.07) is 16.0. The molecule has 0 N–H and O–H groups in total. The fourth-order valence-corrected chi connectivity index (χ4v) is 4.19. The number of para-hydroxylation sites is 1. The van der Waals surface area contributed by atoms with Crippen molar-refractivity contribution in [1.82, 2.24) is 9.47 Å². The van der Waals surface area contributed by atoms with Gasteiger partial charge < -0.3 is 9.30 Å². The normalized spacial score (nSPS) is 15.1. The van der Waals surface area contributed by atoms with Crippen LogP contribution in [0.15, 0.2) is 65.7 Å². The number of ether oxygens (including phenoxy) is 1. The Hall–Kier alpha value is -3.65. The van der Waals surface area contributed by atoms with Crippen LogP contribution in [0.4, 0.5) is 4.79 Å². The lowest BCUT2D eigenvalue weighted by atomic mass is 10.1. The van der Waals surface area contributed by atoms with Gasteiger partial charge in [0.1, 0.15) is 6.54 Å². The highest BCUT2D eigenvalue weighted by Crippen LogP contribution is 2.34. The molecule has 0 aliphatic carbocycles. The highest BCUT2D eigenvalue weighted by atomic mass is 32.2. The van der Waals surface area contributed by atoms with Crippen LogP contribution in [0, 0.1) is 0 Å². The maximum atomic E-state index is 12.8. The van der Waals surface area contributed by atoms with Crippen LogP contribution in [0.25, 0.3) is 17.0 Å². The van der Waals surface area contributed by atoms with Crippen LogP contribution in [0.2, 0.25) is 0 Å². The smallest absolute Gasteiger partial charge is 0.325 e. The van der Waals surface area contributed by atoms with Crippen LogP contribution in [0.1, 0.15) is 15.9 Å². The molecular formula is C23H18N2O5S. The molecule has 1 aliphatic heterocycles. The molecule has 0 radical (unpaired) electrons. The highest BCUT2D eigenvalue weighted by molar-refractivity contribution is 8.18. The van der Waals surface area contributed by atoms with Gasteiger partial charge in [-0.3, -0.25) is 24.1 Å². The molecule has 0 saturated carbocycles. The van der Waals surface area contributed by atoms with Gasteiger partial charge in [-0.25, -0.2) is 0 Å². The van der Waals surface area contributed by atoms with Crippen LogP contribution in [-0.4, -0.2) is 46.0 Å². The summed E-state index contributed by atoms with van der Waals surface area (Å²) >= 11 is 0.795. The number of nitrogens with zero attached hydrogens (tertiary/aromatic N) is 2. The summed E-state index contributed by atoms with van der Waals surface area (Å²) in [7, 11) is 1.32. The molecule has 31 heavy (non-hydrogen) atoms. The molecule has 2 aromatic carbocycles. The Labute approximate surface area is 182 Å². The first-order chi connectivity index (χ1) is 15.0. The number of imide groups is 1. The maximum absolute atomic E-state index is 12.8. The number of aromatic nitrogens is 1. The predicted molar refractivity (Wildman–Crippen MR) is 117 cm³/mol. The van der Waals surface area contributed by atoms with E-state index < -0.39 is 17.1 Å². The van der Waals surface area contributed by atoms with Crippen LogP contribution < -0.4 is 0 Å². The number of carbonyl (C=O) groups is 4. The van der Waals surface area contributed by atoms with Crippen molar-refractivity contribution in [3.8, 4) is 0 Å². The quantitative estimate of drug-likeness (QED) is 0.334. The molecule has 0 unspecified atom stereocenters. The molecule has 1 saturated heterocycles. The van der Waals surface area contributed by atoms with Crippen molar-refractivity contribution in [2.45, 2.75) is 6.54 Å². The number of thioether (sulfide) groups is 1. The second-order valence-corrected chi connectivity index (χ2v) is 7.86. The van der Waals surface area contributed by atoms with Crippen molar-refractivity contribution in [2.75, 3.05) is 13.7 Å². The number of carbonyl (C=O) groups excluding carboxylic acids is 4.